The van der Waals surface area contributed by atoms with E-state index >= 15 is 0 Å². The van der Waals surface area contributed by atoms with Crippen molar-refractivity contribution >= 4 is 22.9 Å². The van der Waals surface area contributed by atoms with Crippen molar-refractivity contribution in [2.45, 2.75) is 6.92 Å². The van der Waals surface area contributed by atoms with Crippen LogP contribution in [0.3, 0.4) is 0 Å². The van der Waals surface area contributed by atoms with E-state index in [-0.39, 0.29) is 12.5 Å². The normalized spacial score (nSPS) is 9.58. The number of para-hydroxylation sites is 1. The molecule has 0 saturated heterocycles. The van der Waals surface area contributed by atoms with Gasteiger partial charge in [0.15, 0.2) is 0 Å². The molecule has 19 heavy (non-hydrogen) atoms. The van der Waals surface area contributed by atoms with Gasteiger partial charge in [0.25, 0.3) is 5.91 Å². The molecule has 96 valence electrons. The molecule has 1 aromatic heterocycles. The summed E-state index contributed by atoms with van der Waals surface area (Å²) in [5.41, 5.74) is 2.41. The predicted molar refractivity (Wildman–Crippen MR) is 77.4 cm³/mol. The van der Waals surface area contributed by atoms with Crippen LogP contribution in [-0.2, 0) is 0 Å². The summed E-state index contributed by atoms with van der Waals surface area (Å²) in [7, 11) is 0. The predicted octanol–water partition coefficient (Wildman–Crippen LogP) is 2.65. The van der Waals surface area contributed by atoms with Gasteiger partial charge in [0.2, 0.25) is 0 Å². The van der Waals surface area contributed by atoms with Crippen LogP contribution in [0.2, 0.25) is 0 Å². The van der Waals surface area contributed by atoms with E-state index in [1.165, 1.54) is 11.3 Å². The molecule has 2 aromatic rings. The van der Waals surface area contributed by atoms with Crippen LogP contribution in [0, 0.1) is 18.8 Å². The number of rotatable bonds is 2. The van der Waals surface area contributed by atoms with Crippen LogP contribution in [-0.4, -0.2) is 17.6 Å². The molecule has 0 saturated carbocycles. The first-order valence-corrected chi connectivity index (χ1v) is 6.64. The fraction of sp³-hybridized carbons (Fsp3) is 0.133. The van der Waals surface area contributed by atoms with Crippen molar-refractivity contribution < 1.29 is 9.90 Å². The molecule has 0 atom stereocenters. The second kappa shape index (κ2) is 6.19. The minimum Gasteiger partial charge on any atom is -0.384 e. The van der Waals surface area contributed by atoms with Crippen LogP contribution in [0.4, 0.5) is 5.69 Å². The van der Waals surface area contributed by atoms with Gasteiger partial charge >= 0.3 is 0 Å². The smallest absolute Gasteiger partial charge is 0.256 e. The topological polar surface area (TPSA) is 49.3 Å². The lowest BCUT2D eigenvalue weighted by Gasteiger charge is -2.06. The lowest BCUT2D eigenvalue weighted by atomic mass is 10.2. The highest BCUT2D eigenvalue weighted by atomic mass is 32.1. The van der Waals surface area contributed by atoms with Crippen LogP contribution in [0.1, 0.15) is 20.8 Å². The maximum absolute atomic E-state index is 12.1. The average molecular weight is 271 g/mol. The molecule has 3 nitrogen and oxygen atoms in total. The van der Waals surface area contributed by atoms with Crippen molar-refractivity contribution in [2.24, 2.45) is 0 Å². The van der Waals surface area contributed by atoms with Gasteiger partial charge in [0.1, 0.15) is 6.61 Å². The van der Waals surface area contributed by atoms with E-state index in [9.17, 15) is 4.79 Å². The molecule has 1 heterocycles. The van der Waals surface area contributed by atoms with Gasteiger partial charge in [-0.2, -0.15) is 0 Å². The zero-order valence-corrected chi connectivity index (χ0v) is 11.3. The first-order chi connectivity index (χ1) is 9.20. The van der Waals surface area contributed by atoms with Gasteiger partial charge in [-0.1, -0.05) is 30.0 Å². The highest BCUT2D eigenvalue weighted by Gasteiger charge is 2.09. The van der Waals surface area contributed by atoms with Gasteiger partial charge in [-0.05, 0) is 24.6 Å². The second-order valence-electron chi connectivity index (χ2n) is 3.93. The first-order valence-electron chi connectivity index (χ1n) is 5.76. The Morgan fingerprint density at radius 3 is 2.95 bits per heavy atom. The van der Waals surface area contributed by atoms with E-state index in [2.05, 4.69) is 17.2 Å². The number of thiophene rings is 1. The zero-order chi connectivity index (χ0) is 13.7. The number of hydrogen-bond donors (Lipinski definition) is 2. The number of carbonyl (C=O) groups excluding carboxylic acids is 1. The van der Waals surface area contributed by atoms with Crippen molar-refractivity contribution in [1.82, 2.24) is 0 Å². The summed E-state index contributed by atoms with van der Waals surface area (Å²) in [6.07, 6.45) is 0. The highest BCUT2D eigenvalue weighted by molar-refractivity contribution is 7.10. The van der Waals surface area contributed by atoms with Gasteiger partial charge in [0.05, 0.1) is 10.4 Å². The van der Waals surface area contributed by atoms with Crippen LogP contribution in [0.15, 0.2) is 35.7 Å². The van der Waals surface area contributed by atoms with Gasteiger partial charge in [-0.25, -0.2) is 0 Å². The molecule has 1 amide bonds. The number of carbonyl (C=O) groups is 1. The van der Waals surface area contributed by atoms with Crippen molar-refractivity contribution in [3.63, 3.8) is 0 Å². The molecule has 0 aliphatic heterocycles. The Morgan fingerprint density at radius 2 is 2.21 bits per heavy atom. The Bertz CT molecular complexity index is 649. The second-order valence-corrected chi connectivity index (χ2v) is 4.84. The molecule has 0 spiro atoms. The van der Waals surface area contributed by atoms with Crippen LogP contribution in [0.5, 0.6) is 0 Å². The maximum atomic E-state index is 12.1. The summed E-state index contributed by atoms with van der Waals surface area (Å²) in [5, 5.41) is 13.2. The summed E-state index contributed by atoms with van der Waals surface area (Å²) in [4.78, 5) is 12.8. The van der Waals surface area contributed by atoms with E-state index in [0.717, 1.165) is 16.1 Å². The summed E-state index contributed by atoms with van der Waals surface area (Å²) < 4.78 is 0. The maximum Gasteiger partial charge on any atom is 0.256 e. The highest BCUT2D eigenvalue weighted by Crippen LogP contribution is 2.18. The van der Waals surface area contributed by atoms with E-state index in [1.54, 1.807) is 11.4 Å². The number of aliphatic hydroxyl groups excluding tert-OH is 1. The molecule has 0 aliphatic rings. The minimum atomic E-state index is -0.178. The molecule has 1 aromatic carbocycles. The summed E-state index contributed by atoms with van der Waals surface area (Å²) in [5.74, 6) is 5.19. The van der Waals surface area contributed by atoms with Crippen molar-refractivity contribution in [3.05, 3.63) is 51.7 Å². The molecule has 0 fully saturated rings. The molecular weight excluding hydrogens is 258 g/mol. The quantitative estimate of drug-likeness (QED) is 0.825. The Hall–Kier alpha value is -2.09. The molecule has 0 bridgehead atoms. The summed E-state index contributed by atoms with van der Waals surface area (Å²) in [6.45, 7) is 1.77. The number of benzene rings is 1. The number of aryl methyl sites for hydroxylation is 1. The third-order valence-electron chi connectivity index (χ3n) is 2.55. The number of hydrogen-bond acceptors (Lipinski definition) is 3. The molecule has 0 aliphatic carbocycles. The lowest BCUT2D eigenvalue weighted by Crippen LogP contribution is -2.11. The summed E-state index contributed by atoms with van der Waals surface area (Å²) >= 11 is 1.39. The average Bonchev–Trinajstić information content (AvgIpc) is 2.88. The Morgan fingerprint density at radius 1 is 1.42 bits per heavy atom. The first kappa shape index (κ1) is 13.3. The fourth-order valence-corrected chi connectivity index (χ4v) is 2.31. The van der Waals surface area contributed by atoms with Crippen LogP contribution >= 0.6 is 11.3 Å². The number of nitrogens with one attached hydrogen (secondary N) is 1. The van der Waals surface area contributed by atoms with E-state index in [4.69, 9.17) is 5.11 Å². The zero-order valence-electron chi connectivity index (χ0n) is 10.4. The van der Waals surface area contributed by atoms with Crippen LogP contribution in [0.25, 0.3) is 0 Å². The number of aliphatic hydroxyl groups is 1. The third-order valence-corrected chi connectivity index (χ3v) is 3.39. The van der Waals surface area contributed by atoms with Crippen molar-refractivity contribution in [1.29, 1.82) is 0 Å². The SMILES string of the molecule is Cc1ccccc1NC(=O)c1csc(C#CCO)c1. The molecule has 0 unspecified atom stereocenters. The van der Waals surface area contributed by atoms with Gasteiger partial charge in [-0.3, -0.25) is 4.79 Å². The lowest BCUT2D eigenvalue weighted by molar-refractivity contribution is 0.102. The third kappa shape index (κ3) is 3.44. The fourth-order valence-electron chi connectivity index (χ4n) is 1.56. The number of amides is 1. The standard InChI is InChI=1S/C15H13NO2S/c1-11-5-2-3-7-14(11)16-15(18)12-9-13(19-10-12)6-4-8-17/h2-3,5,7,9-10,17H,8H2,1H3,(H,16,18). The van der Waals surface area contributed by atoms with E-state index < -0.39 is 0 Å². The van der Waals surface area contributed by atoms with Gasteiger partial charge in [0, 0.05) is 11.1 Å². The van der Waals surface area contributed by atoms with Gasteiger partial charge in [-0.15, -0.1) is 11.3 Å². The largest absolute Gasteiger partial charge is 0.384 e. The Kier molecular flexibility index (Phi) is 4.35. The molecule has 0 radical (unpaired) electrons. The Labute approximate surface area is 115 Å². The van der Waals surface area contributed by atoms with E-state index in [1.807, 2.05) is 31.2 Å². The molecule has 2 rings (SSSR count). The van der Waals surface area contributed by atoms with Crippen molar-refractivity contribution in [3.8, 4) is 11.8 Å². The van der Waals surface area contributed by atoms with Crippen molar-refractivity contribution in [2.75, 3.05) is 11.9 Å². The Balaban J connectivity index is 2.12. The molecular formula is C15H13NO2S. The minimum absolute atomic E-state index is 0.150. The number of anilines is 1. The monoisotopic (exact) mass is 271 g/mol. The van der Waals surface area contributed by atoms with Gasteiger partial charge < -0.3 is 10.4 Å². The summed E-state index contributed by atoms with van der Waals surface area (Å²) in [6, 6.07) is 9.35. The van der Waals surface area contributed by atoms with E-state index in [0.29, 0.717) is 5.56 Å². The molecule has 4 heteroatoms. The van der Waals surface area contributed by atoms with Crippen LogP contribution < -0.4 is 5.32 Å². The molecule has 2 N–H and O–H groups in total.